The predicted molar refractivity (Wildman–Crippen MR) is 69.7 cm³/mol. The second-order valence-electron chi connectivity index (χ2n) is 3.98. The molecule has 2 heterocycles. The zero-order valence-electron chi connectivity index (χ0n) is 10.1. The van der Waals surface area contributed by atoms with Crippen molar-refractivity contribution in [1.29, 1.82) is 0 Å². The number of aromatic nitrogens is 2. The molecular weight excluding hydrogens is 300 g/mol. The fourth-order valence-corrected chi connectivity index (χ4v) is 1.82. The Balaban J connectivity index is 1.98. The van der Waals surface area contributed by atoms with E-state index in [-0.39, 0.29) is 0 Å². The van der Waals surface area contributed by atoms with Crippen molar-refractivity contribution in [3.05, 3.63) is 22.7 Å². The van der Waals surface area contributed by atoms with E-state index < -0.39 is 0 Å². The molecule has 0 aliphatic heterocycles. The molecule has 7 heteroatoms. The van der Waals surface area contributed by atoms with E-state index in [9.17, 15) is 0 Å². The van der Waals surface area contributed by atoms with Crippen LogP contribution in [0.4, 0.5) is 0 Å². The number of hydrogen-bond acceptors (Lipinski definition) is 6. The van der Waals surface area contributed by atoms with Crippen LogP contribution in [0.3, 0.4) is 0 Å². The lowest BCUT2D eigenvalue weighted by atomic mass is 10.4. The summed E-state index contributed by atoms with van der Waals surface area (Å²) in [4.78, 5) is 2.09. The van der Waals surface area contributed by atoms with Gasteiger partial charge in [0.2, 0.25) is 5.89 Å². The number of halogens is 1. The fourth-order valence-electron chi connectivity index (χ4n) is 1.52. The van der Waals surface area contributed by atoms with Gasteiger partial charge < -0.3 is 14.6 Å². The highest BCUT2D eigenvalue weighted by Crippen LogP contribution is 2.23. The second-order valence-corrected chi connectivity index (χ2v) is 4.77. The van der Waals surface area contributed by atoms with Gasteiger partial charge in [-0.05, 0) is 54.6 Å². The van der Waals surface area contributed by atoms with E-state index in [0.717, 1.165) is 13.0 Å². The molecule has 0 spiro atoms. The minimum Gasteiger partial charge on any atom is -0.444 e. The molecule has 2 rings (SSSR count). The molecule has 0 aliphatic carbocycles. The average molecular weight is 315 g/mol. The SMILES string of the molecule is CN(CCCN)Cc1nnc(-c2ccc(Br)o2)o1. The monoisotopic (exact) mass is 314 g/mol. The van der Waals surface area contributed by atoms with Crippen molar-refractivity contribution < 1.29 is 8.83 Å². The molecule has 0 amide bonds. The molecule has 0 atom stereocenters. The first-order chi connectivity index (χ1) is 8.69. The van der Waals surface area contributed by atoms with Gasteiger partial charge in [0.15, 0.2) is 10.4 Å². The van der Waals surface area contributed by atoms with Crippen molar-refractivity contribution in [2.24, 2.45) is 5.73 Å². The Bertz CT molecular complexity index is 497. The van der Waals surface area contributed by atoms with Gasteiger partial charge in [0, 0.05) is 0 Å². The third kappa shape index (κ3) is 3.41. The van der Waals surface area contributed by atoms with Crippen LogP contribution in [0.2, 0.25) is 0 Å². The lowest BCUT2D eigenvalue weighted by Crippen LogP contribution is -2.21. The van der Waals surface area contributed by atoms with Gasteiger partial charge >= 0.3 is 0 Å². The Labute approximate surface area is 113 Å². The van der Waals surface area contributed by atoms with Gasteiger partial charge in [0.1, 0.15) is 0 Å². The highest BCUT2D eigenvalue weighted by Gasteiger charge is 2.13. The Morgan fingerprint density at radius 3 is 2.83 bits per heavy atom. The van der Waals surface area contributed by atoms with E-state index in [2.05, 4.69) is 31.0 Å². The third-order valence-corrected chi connectivity index (χ3v) is 2.83. The molecule has 0 radical (unpaired) electrons. The summed E-state index contributed by atoms with van der Waals surface area (Å²) in [7, 11) is 1.99. The minimum absolute atomic E-state index is 0.392. The van der Waals surface area contributed by atoms with E-state index in [1.54, 1.807) is 12.1 Å². The van der Waals surface area contributed by atoms with Crippen LogP contribution in [0.1, 0.15) is 12.3 Å². The summed E-state index contributed by atoms with van der Waals surface area (Å²) in [6, 6.07) is 3.56. The van der Waals surface area contributed by atoms with Crippen molar-refractivity contribution in [3.63, 3.8) is 0 Å². The third-order valence-electron chi connectivity index (χ3n) is 2.40. The van der Waals surface area contributed by atoms with Crippen molar-refractivity contribution in [2.75, 3.05) is 20.1 Å². The van der Waals surface area contributed by atoms with E-state index in [4.69, 9.17) is 14.6 Å². The maximum Gasteiger partial charge on any atom is 0.283 e. The minimum atomic E-state index is 0.392. The first kappa shape index (κ1) is 13.3. The smallest absolute Gasteiger partial charge is 0.283 e. The van der Waals surface area contributed by atoms with Crippen LogP contribution < -0.4 is 5.73 Å². The number of rotatable bonds is 6. The van der Waals surface area contributed by atoms with Gasteiger partial charge in [-0.2, -0.15) is 0 Å². The van der Waals surface area contributed by atoms with E-state index in [1.807, 2.05) is 7.05 Å². The van der Waals surface area contributed by atoms with Crippen LogP contribution in [0.25, 0.3) is 11.7 Å². The normalized spacial score (nSPS) is 11.3. The van der Waals surface area contributed by atoms with Crippen molar-refractivity contribution in [3.8, 4) is 11.7 Å². The molecule has 0 fully saturated rings. The summed E-state index contributed by atoms with van der Waals surface area (Å²) in [5.41, 5.74) is 5.46. The standard InChI is InChI=1S/C11H15BrN4O2/c1-16(6-2-5-13)7-10-14-15-11(18-10)8-3-4-9(12)17-8/h3-4H,2,5-7,13H2,1H3. The lowest BCUT2D eigenvalue weighted by molar-refractivity contribution is 0.287. The molecule has 0 saturated carbocycles. The fraction of sp³-hybridized carbons (Fsp3) is 0.455. The molecule has 0 unspecified atom stereocenters. The van der Waals surface area contributed by atoms with Gasteiger partial charge in [-0.15, -0.1) is 10.2 Å². The molecule has 2 aromatic rings. The predicted octanol–water partition coefficient (Wildman–Crippen LogP) is 1.87. The molecule has 2 N–H and O–H groups in total. The van der Waals surface area contributed by atoms with Crippen LogP contribution >= 0.6 is 15.9 Å². The first-order valence-corrected chi connectivity index (χ1v) is 6.45. The number of furan rings is 1. The quantitative estimate of drug-likeness (QED) is 0.876. The molecular formula is C11H15BrN4O2. The summed E-state index contributed by atoms with van der Waals surface area (Å²) in [6.07, 6.45) is 0.947. The molecule has 2 aromatic heterocycles. The topological polar surface area (TPSA) is 81.3 Å². The summed E-state index contributed by atoms with van der Waals surface area (Å²) in [5.74, 6) is 1.52. The van der Waals surface area contributed by atoms with Gasteiger partial charge in [-0.1, -0.05) is 0 Å². The van der Waals surface area contributed by atoms with Crippen LogP contribution in [-0.4, -0.2) is 35.2 Å². The van der Waals surface area contributed by atoms with Crippen LogP contribution in [0.5, 0.6) is 0 Å². The van der Waals surface area contributed by atoms with Crippen LogP contribution in [0, 0.1) is 0 Å². The first-order valence-electron chi connectivity index (χ1n) is 5.65. The van der Waals surface area contributed by atoms with E-state index in [0.29, 0.717) is 35.3 Å². The van der Waals surface area contributed by atoms with E-state index >= 15 is 0 Å². The number of nitrogens with zero attached hydrogens (tertiary/aromatic N) is 3. The van der Waals surface area contributed by atoms with Gasteiger partial charge in [0.05, 0.1) is 6.54 Å². The summed E-state index contributed by atoms with van der Waals surface area (Å²) >= 11 is 3.23. The van der Waals surface area contributed by atoms with Gasteiger partial charge in [-0.3, -0.25) is 4.90 Å². The molecule has 6 nitrogen and oxygen atoms in total. The zero-order chi connectivity index (χ0) is 13.0. The Morgan fingerprint density at radius 1 is 1.33 bits per heavy atom. The highest BCUT2D eigenvalue weighted by atomic mass is 79.9. The maximum atomic E-state index is 5.52. The summed E-state index contributed by atoms with van der Waals surface area (Å²) in [6.45, 7) is 2.19. The van der Waals surface area contributed by atoms with Gasteiger partial charge in [-0.25, -0.2) is 0 Å². The van der Waals surface area contributed by atoms with Crippen molar-refractivity contribution >= 4 is 15.9 Å². The Hall–Kier alpha value is -1.18. The molecule has 0 aliphatic rings. The molecule has 0 aromatic carbocycles. The zero-order valence-corrected chi connectivity index (χ0v) is 11.7. The molecule has 98 valence electrons. The highest BCUT2D eigenvalue weighted by molar-refractivity contribution is 9.10. The van der Waals surface area contributed by atoms with Crippen LogP contribution in [0.15, 0.2) is 25.6 Å². The summed E-state index contributed by atoms with van der Waals surface area (Å²) < 4.78 is 11.5. The lowest BCUT2D eigenvalue weighted by Gasteiger charge is -2.12. The molecule has 18 heavy (non-hydrogen) atoms. The van der Waals surface area contributed by atoms with E-state index in [1.165, 1.54) is 0 Å². The van der Waals surface area contributed by atoms with Gasteiger partial charge in [0.25, 0.3) is 5.89 Å². The van der Waals surface area contributed by atoms with Crippen molar-refractivity contribution in [2.45, 2.75) is 13.0 Å². The average Bonchev–Trinajstić information content (AvgIpc) is 2.95. The molecule has 0 bridgehead atoms. The Morgan fingerprint density at radius 2 is 2.17 bits per heavy atom. The largest absolute Gasteiger partial charge is 0.444 e. The Kier molecular flexibility index (Phi) is 4.51. The van der Waals surface area contributed by atoms with Crippen LogP contribution in [-0.2, 0) is 6.54 Å². The molecule has 0 saturated heterocycles. The van der Waals surface area contributed by atoms with Crippen molar-refractivity contribution in [1.82, 2.24) is 15.1 Å². The summed E-state index contributed by atoms with van der Waals surface area (Å²) in [5, 5.41) is 7.94. The maximum absolute atomic E-state index is 5.52. The second kappa shape index (κ2) is 6.12. The number of hydrogen-bond donors (Lipinski definition) is 1. The number of nitrogens with two attached hydrogens (primary N) is 1.